The van der Waals surface area contributed by atoms with Crippen molar-refractivity contribution in [3.8, 4) is 0 Å². The molecule has 2 aliphatic heterocycles. The number of anilines is 2. The number of nitrogens with one attached hydrogen (secondary N) is 1. The number of carbonyl (C=O) groups is 1. The van der Waals surface area contributed by atoms with E-state index < -0.39 is 5.97 Å². The fourth-order valence-electron chi connectivity index (χ4n) is 5.41. The molecule has 5 rings (SSSR count). The van der Waals surface area contributed by atoms with Crippen LogP contribution in [0.25, 0.3) is 0 Å². The topological polar surface area (TPSA) is 78.3 Å². The molecule has 2 aromatic rings. The third-order valence-electron chi connectivity index (χ3n) is 6.83. The maximum atomic E-state index is 11.4. The molecule has 2 fully saturated rings. The number of benzene rings is 1. The van der Waals surface area contributed by atoms with Gasteiger partial charge >= 0.3 is 5.97 Å². The summed E-state index contributed by atoms with van der Waals surface area (Å²) in [7, 11) is 0. The molecule has 4 atom stereocenters. The lowest BCUT2D eigenvalue weighted by molar-refractivity contribution is -0.141. The molecule has 0 radical (unpaired) electrons. The quantitative estimate of drug-likeness (QED) is 0.665. The molecule has 7 heteroatoms. The average Bonchev–Trinajstić information content (AvgIpc) is 2.70. The Morgan fingerprint density at radius 2 is 2.14 bits per heavy atom. The van der Waals surface area contributed by atoms with Gasteiger partial charge in [0.05, 0.1) is 5.69 Å². The van der Waals surface area contributed by atoms with Crippen LogP contribution in [0.3, 0.4) is 0 Å². The summed E-state index contributed by atoms with van der Waals surface area (Å²) in [6.45, 7) is 5.22. The number of carboxylic acid groups (broad SMARTS) is 1. The Labute approximate surface area is 175 Å². The van der Waals surface area contributed by atoms with E-state index in [1.165, 1.54) is 16.9 Å². The van der Waals surface area contributed by atoms with E-state index in [0.29, 0.717) is 30.1 Å². The minimum Gasteiger partial charge on any atom is -0.481 e. The largest absolute Gasteiger partial charge is 0.481 e. The summed E-state index contributed by atoms with van der Waals surface area (Å²) < 4.78 is 0. The van der Waals surface area contributed by atoms with E-state index >= 15 is 0 Å². The highest BCUT2D eigenvalue weighted by atomic mass is 32.2. The van der Waals surface area contributed by atoms with Gasteiger partial charge in [0.25, 0.3) is 0 Å². The van der Waals surface area contributed by atoms with Crippen molar-refractivity contribution in [1.82, 2.24) is 14.9 Å². The maximum Gasteiger partial charge on any atom is 0.303 e. The molecule has 2 N–H and O–H groups in total. The van der Waals surface area contributed by atoms with Crippen LogP contribution in [0, 0.1) is 23.7 Å². The number of likely N-dealkylation sites (tertiary alicyclic amines) is 1. The Bertz CT molecular complexity index is 937. The van der Waals surface area contributed by atoms with E-state index in [2.05, 4.69) is 45.3 Å². The van der Waals surface area contributed by atoms with Crippen molar-refractivity contribution in [2.45, 2.75) is 42.7 Å². The minimum atomic E-state index is -0.644. The van der Waals surface area contributed by atoms with Crippen LogP contribution in [0.2, 0.25) is 0 Å². The van der Waals surface area contributed by atoms with E-state index in [1.54, 1.807) is 24.2 Å². The molecule has 3 heterocycles. The second kappa shape index (κ2) is 7.61. The average molecular weight is 411 g/mol. The van der Waals surface area contributed by atoms with Crippen LogP contribution in [0.4, 0.5) is 11.5 Å². The second-order valence-electron chi connectivity index (χ2n) is 8.70. The summed E-state index contributed by atoms with van der Waals surface area (Å²) >= 11 is 1.65. The number of hydrogen-bond donors (Lipinski definition) is 2. The predicted octanol–water partition coefficient (Wildman–Crippen LogP) is 4.25. The number of aliphatic carboxylic acids is 1. The lowest BCUT2D eigenvalue weighted by Crippen LogP contribution is -2.51. The summed E-state index contributed by atoms with van der Waals surface area (Å²) in [5.41, 5.74) is 2.38. The first kappa shape index (κ1) is 18.9. The highest BCUT2D eigenvalue weighted by molar-refractivity contribution is 7.99. The third-order valence-corrected chi connectivity index (χ3v) is 7.89. The molecule has 29 heavy (non-hydrogen) atoms. The lowest BCUT2D eigenvalue weighted by atomic mass is 9.63. The number of nitrogens with zero attached hydrogens (tertiary/aromatic N) is 3. The first-order valence-electron chi connectivity index (χ1n) is 10.4. The molecular weight excluding hydrogens is 384 g/mol. The highest BCUT2D eigenvalue weighted by Crippen LogP contribution is 2.45. The zero-order chi connectivity index (χ0) is 20.0. The maximum absolute atomic E-state index is 11.4. The van der Waals surface area contributed by atoms with E-state index in [9.17, 15) is 9.90 Å². The summed E-state index contributed by atoms with van der Waals surface area (Å²) in [5.74, 6) is 2.12. The Morgan fingerprint density at radius 1 is 1.28 bits per heavy atom. The molecule has 4 unspecified atom stereocenters. The molecule has 152 valence electrons. The molecule has 0 spiro atoms. The van der Waals surface area contributed by atoms with Crippen LogP contribution < -0.4 is 5.32 Å². The van der Waals surface area contributed by atoms with Gasteiger partial charge in [-0.05, 0) is 47.8 Å². The normalized spacial score (nSPS) is 28.2. The summed E-state index contributed by atoms with van der Waals surface area (Å²) in [6, 6.07) is 6.60. The fourth-order valence-corrected chi connectivity index (χ4v) is 6.29. The number of piperidine rings is 1. The van der Waals surface area contributed by atoms with Crippen LogP contribution in [0.1, 0.15) is 31.7 Å². The van der Waals surface area contributed by atoms with Gasteiger partial charge in [0.2, 0.25) is 0 Å². The van der Waals surface area contributed by atoms with Gasteiger partial charge in [-0.2, -0.15) is 0 Å². The smallest absolute Gasteiger partial charge is 0.303 e. The van der Waals surface area contributed by atoms with Gasteiger partial charge in [0.1, 0.15) is 5.03 Å². The first-order chi connectivity index (χ1) is 14.1. The first-order valence-corrected chi connectivity index (χ1v) is 11.2. The molecular formula is C22H26N4O2S. The Kier molecular flexibility index (Phi) is 4.95. The monoisotopic (exact) mass is 410 g/mol. The fraction of sp³-hybridized carbons (Fsp3) is 0.500. The molecule has 1 aromatic carbocycles. The van der Waals surface area contributed by atoms with Crippen molar-refractivity contribution in [2.75, 3.05) is 18.4 Å². The highest BCUT2D eigenvalue weighted by Gasteiger charge is 2.43. The minimum absolute atomic E-state index is 0.327. The number of rotatable bonds is 4. The molecule has 6 nitrogen and oxygen atoms in total. The molecule has 3 aliphatic rings. The van der Waals surface area contributed by atoms with Gasteiger partial charge in [0.15, 0.2) is 5.82 Å². The van der Waals surface area contributed by atoms with Crippen LogP contribution in [0.5, 0.6) is 0 Å². The third kappa shape index (κ3) is 3.73. The zero-order valence-electron chi connectivity index (χ0n) is 16.5. The standard InChI is InChI=1S/C22H26N4O2S/c1-13-2-4-15-11-26(12-17(13)16(15)9-20(27)28)10-14-3-5-19-18(8-14)25-21-22(29-19)24-7-6-23-21/h3,5-8,13,15-17H,2,4,9-12H2,1H3,(H,23,25)(H,27,28). The molecule has 0 amide bonds. The van der Waals surface area contributed by atoms with Gasteiger partial charge < -0.3 is 10.4 Å². The van der Waals surface area contributed by atoms with Crippen molar-refractivity contribution >= 4 is 29.2 Å². The summed E-state index contributed by atoms with van der Waals surface area (Å²) in [6.07, 6.45) is 6.15. The van der Waals surface area contributed by atoms with Crippen LogP contribution in [-0.4, -0.2) is 39.0 Å². The lowest BCUT2D eigenvalue weighted by Gasteiger charge is -2.50. The molecule has 1 saturated carbocycles. The number of carboxylic acids is 1. The van der Waals surface area contributed by atoms with E-state index in [1.807, 2.05) is 0 Å². The van der Waals surface area contributed by atoms with E-state index in [-0.39, 0.29) is 0 Å². The molecule has 1 aromatic heterocycles. The zero-order valence-corrected chi connectivity index (χ0v) is 17.4. The number of aromatic nitrogens is 2. The van der Waals surface area contributed by atoms with Gasteiger partial charge in [-0.15, -0.1) is 0 Å². The summed E-state index contributed by atoms with van der Waals surface area (Å²) in [5, 5.41) is 13.7. The predicted molar refractivity (Wildman–Crippen MR) is 112 cm³/mol. The number of hydrogen-bond acceptors (Lipinski definition) is 6. The van der Waals surface area contributed by atoms with Gasteiger partial charge in [0, 0.05) is 43.3 Å². The number of fused-ring (bicyclic) bond motifs is 4. The van der Waals surface area contributed by atoms with Crippen molar-refractivity contribution < 1.29 is 9.90 Å². The van der Waals surface area contributed by atoms with Gasteiger partial charge in [-0.25, -0.2) is 9.97 Å². The SMILES string of the molecule is CC1CCC2CN(Cc3ccc4c(c3)Nc3nccnc3S4)CC1C2CC(=O)O. The molecule has 2 bridgehead atoms. The van der Waals surface area contributed by atoms with Crippen LogP contribution in [-0.2, 0) is 11.3 Å². The molecule has 1 aliphatic carbocycles. The Balaban J connectivity index is 1.31. The van der Waals surface area contributed by atoms with E-state index in [4.69, 9.17) is 0 Å². The van der Waals surface area contributed by atoms with Gasteiger partial charge in [-0.3, -0.25) is 9.69 Å². The molecule has 1 saturated heterocycles. The second-order valence-corrected chi connectivity index (χ2v) is 9.73. The van der Waals surface area contributed by atoms with Crippen LogP contribution in [0.15, 0.2) is 40.5 Å². The summed E-state index contributed by atoms with van der Waals surface area (Å²) in [4.78, 5) is 23.9. The Hall–Kier alpha value is -2.12. The van der Waals surface area contributed by atoms with E-state index in [0.717, 1.165) is 42.6 Å². The Morgan fingerprint density at radius 3 is 3.00 bits per heavy atom. The van der Waals surface area contributed by atoms with Gasteiger partial charge in [-0.1, -0.05) is 31.2 Å². The van der Waals surface area contributed by atoms with Crippen molar-refractivity contribution in [2.24, 2.45) is 23.7 Å². The van der Waals surface area contributed by atoms with Crippen LogP contribution >= 0.6 is 11.8 Å². The van der Waals surface area contributed by atoms with Crippen molar-refractivity contribution in [3.05, 3.63) is 36.2 Å². The van der Waals surface area contributed by atoms with Crippen molar-refractivity contribution in [1.29, 1.82) is 0 Å². The van der Waals surface area contributed by atoms with Crippen molar-refractivity contribution in [3.63, 3.8) is 0 Å².